The number of halogens is 1. The Morgan fingerprint density at radius 3 is 2.78 bits per heavy atom. The predicted octanol–water partition coefficient (Wildman–Crippen LogP) is 3.09. The van der Waals surface area contributed by atoms with Crippen LogP contribution in [0.3, 0.4) is 0 Å². The van der Waals surface area contributed by atoms with Gasteiger partial charge in [0.15, 0.2) is 0 Å². The fraction of sp³-hybridized carbons (Fsp3) is 0.167. The molecule has 1 heterocycles. The molecule has 0 unspecified atom stereocenters. The zero-order valence-corrected chi connectivity index (χ0v) is 10.2. The van der Waals surface area contributed by atoms with Crippen molar-refractivity contribution in [1.82, 2.24) is 5.32 Å². The fourth-order valence-electron chi connectivity index (χ4n) is 1.53. The average molecular weight is 266 g/mol. The molecule has 1 aromatic heterocycles. The van der Waals surface area contributed by atoms with Gasteiger partial charge in [0.2, 0.25) is 0 Å². The fourth-order valence-corrected chi connectivity index (χ4v) is 2.26. The van der Waals surface area contributed by atoms with Gasteiger partial charge in [-0.1, -0.05) is 29.5 Å². The number of nitro groups is 1. The van der Waals surface area contributed by atoms with Crippen molar-refractivity contribution in [3.8, 4) is 0 Å². The molecule has 6 heteroatoms. The topological polar surface area (TPSA) is 55.2 Å². The van der Waals surface area contributed by atoms with Crippen LogP contribution in [0.5, 0.6) is 0 Å². The summed E-state index contributed by atoms with van der Waals surface area (Å²) in [7, 11) is 0. The van der Waals surface area contributed by atoms with E-state index in [2.05, 4.69) is 5.32 Å². The first-order valence-electron chi connectivity index (χ1n) is 5.33. The van der Waals surface area contributed by atoms with Crippen molar-refractivity contribution in [3.05, 3.63) is 62.8 Å². The minimum Gasteiger partial charge on any atom is -0.308 e. The highest BCUT2D eigenvalue weighted by molar-refractivity contribution is 7.13. The summed E-state index contributed by atoms with van der Waals surface area (Å²) < 4.78 is 13.3. The molecule has 1 N–H and O–H groups in total. The van der Waals surface area contributed by atoms with Gasteiger partial charge in [0.1, 0.15) is 5.82 Å². The quantitative estimate of drug-likeness (QED) is 0.668. The monoisotopic (exact) mass is 266 g/mol. The van der Waals surface area contributed by atoms with E-state index in [1.807, 2.05) is 0 Å². The van der Waals surface area contributed by atoms with Crippen LogP contribution in [-0.2, 0) is 13.1 Å². The highest BCUT2D eigenvalue weighted by Crippen LogP contribution is 2.22. The number of benzene rings is 1. The molecule has 0 fully saturated rings. The summed E-state index contributed by atoms with van der Waals surface area (Å²) >= 11 is 1.09. The smallest absolute Gasteiger partial charge is 0.308 e. The Labute approximate surface area is 107 Å². The highest BCUT2D eigenvalue weighted by Gasteiger charge is 2.09. The van der Waals surface area contributed by atoms with Gasteiger partial charge >= 0.3 is 5.00 Å². The minimum atomic E-state index is -0.412. The highest BCUT2D eigenvalue weighted by atomic mass is 32.1. The van der Waals surface area contributed by atoms with Crippen molar-refractivity contribution >= 4 is 16.3 Å². The zero-order valence-electron chi connectivity index (χ0n) is 9.43. The van der Waals surface area contributed by atoms with E-state index in [1.54, 1.807) is 23.6 Å². The number of rotatable bonds is 5. The Hall–Kier alpha value is -1.79. The van der Waals surface area contributed by atoms with E-state index in [4.69, 9.17) is 0 Å². The molecular formula is C12H11FN2O2S. The molecule has 2 aromatic rings. The first-order valence-corrected chi connectivity index (χ1v) is 6.20. The number of thiophene rings is 1. The van der Waals surface area contributed by atoms with Gasteiger partial charge in [0.05, 0.1) is 4.92 Å². The molecule has 0 spiro atoms. The Kier molecular flexibility index (Phi) is 4.01. The minimum absolute atomic E-state index is 0.123. The first kappa shape index (κ1) is 12.7. The zero-order chi connectivity index (χ0) is 13.0. The van der Waals surface area contributed by atoms with Crippen molar-refractivity contribution in [2.45, 2.75) is 13.1 Å². The van der Waals surface area contributed by atoms with Crippen LogP contribution >= 0.6 is 11.3 Å². The Morgan fingerprint density at radius 2 is 2.11 bits per heavy atom. The van der Waals surface area contributed by atoms with E-state index in [-0.39, 0.29) is 10.8 Å². The van der Waals surface area contributed by atoms with Crippen molar-refractivity contribution in [2.24, 2.45) is 0 Å². The third kappa shape index (κ3) is 3.12. The lowest BCUT2D eigenvalue weighted by molar-refractivity contribution is -0.380. The van der Waals surface area contributed by atoms with Crippen LogP contribution in [0.4, 0.5) is 9.39 Å². The number of nitrogens with one attached hydrogen (secondary N) is 1. The molecule has 0 aliphatic rings. The maximum absolute atomic E-state index is 13.3. The second-order valence-electron chi connectivity index (χ2n) is 3.75. The van der Waals surface area contributed by atoms with Gasteiger partial charge in [-0.3, -0.25) is 10.1 Å². The van der Waals surface area contributed by atoms with E-state index < -0.39 is 4.92 Å². The number of hydrogen-bond donors (Lipinski definition) is 1. The third-order valence-corrected chi connectivity index (χ3v) is 3.35. The lowest BCUT2D eigenvalue weighted by Crippen LogP contribution is -2.13. The standard InChI is InChI=1S/C12H11FN2O2S/c13-11-4-2-1-3-10(11)7-14-6-9-5-12(15(16)17)18-8-9/h1-5,8,14H,6-7H2. The van der Waals surface area contributed by atoms with Gasteiger partial charge in [-0.15, -0.1) is 0 Å². The molecule has 0 saturated heterocycles. The van der Waals surface area contributed by atoms with Gasteiger partial charge in [0, 0.05) is 30.1 Å². The van der Waals surface area contributed by atoms with Gasteiger partial charge < -0.3 is 5.32 Å². The summed E-state index contributed by atoms with van der Waals surface area (Å²) in [4.78, 5) is 10.1. The molecule has 0 bridgehead atoms. The summed E-state index contributed by atoms with van der Waals surface area (Å²) in [6.45, 7) is 0.884. The van der Waals surface area contributed by atoms with Crippen molar-refractivity contribution in [1.29, 1.82) is 0 Å². The van der Waals surface area contributed by atoms with Gasteiger partial charge in [-0.2, -0.15) is 0 Å². The molecule has 0 amide bonds. The lowest BCUT2D eigenvalue weighted by atomic mass is 10.2. The molecule has 2 rings (SSSR count). The Balaban J connectivity index is 1.88. The van der Waals surface area contributed by atoms with Crippen molar-refractivity contribution < 1.29 is 9.31 Å². The molecule has 0 aliphatic heterocycles. The molecule has 4 nitrogen and oxygen atoms in total. The number of nitrogens with zero attached hydrogens (tertiary/aromatic N) is 1. The van der Waals surface area contributed by atoms with Gasteiger partial charge in [0.25, 0.3) is 0 Å². The second kappa shape index (κ2) is 5.70. The van der Waals surface area contributed by atoms with E-state index in [0.29, 0.717) is 18.7 Å². The Bertz CT molecular complexity index is 557. The molecule has 0 atom stereocenters. The van der Waals surface area contributed by atoms with E-state index in [1.165, 1.54) is 12.1 Å². The molecule has 0 saturated carbocycles. The third-order valence-electron chi connectivity index (χ3n) is 2.42. The van der Waals surface area contributed by atoms with Crippen LogP contribution in [0, 0.1) is 15.9 Å². The Morgan fingerprint density at radius 1 is 1.33 bits per heavy atom. The van der Waals surface area contributed by atoms with Crippen LogP contribution in [0.15, 0.2) is 35.7 Å². The molecule has 0 radical (unpaired) electrons. The summed E-state index contributed by atoms with van der Waals surface area (Å²) in [5, 5.41) is 15.4. The van der Waals surface area contributed by atoms with Crippen LogP contribution in [0.2, 0.25) is 0 Å². The van der Waals surface area contributed by atoms with Crippen molar-refractivity contribution in [3.63, 3.8) is 0 Å². The van der Waals surface area contributed by atoms with Crippen LogP contribution in [-0.4, -0.2) is 4.92 Å². The average Bonchev–Trinajstić information content (AvgIpc) is 2.80. The number of hydrogen-bond acceptors (Lipinski definition) is 4. The lowest BCUT2D eigenvalue weighted by Gasteiger charge is -2.04. The largest absolute Gasteiger partial charge is 0.324 e. The first-order chi connectivity index (χ1) is 8.66. The molecule has 1 aromatic carbocycles. The maximum atomic E-state index is 13.3. The summed E-state index contributed by atoms with van der Waals surface area (Å²) in [5.74, 6) is -0.249. The second-order valence-corrected chi connectivity index (χ2v) is 4.63. The van der Waals surface area contributed by atoms with Crippen LogP contribution < -0.4 is 5.32 Å². The van der Waals surface area contributed by atoms with Crippen molar-refractivity contribution in [2.75, 3.05) is 0 Å². The molecule has 18 heavy (non-hydrogen) atoms. The maximum Gasteiger partial charge on any atom is 0.324 e. The van der Waals surface area contributed by atoms with Crippen LogP contribution in [0.25, 0.3) is 0 Å². The molecular weight excluding hydrogens is 255 g/mol. The van der Waals surface area contributed by atoms with E-state index in [9.17, 15) is 14.5 Å². The van der Waals surface area contributed by atoms with Gasteiger partial charge in [-0.25, -0.2) is 4.39 Å². The molecule has 94 valence electrons. The van der Waals surface area contributed by atoms with E-state index in [0.717, 1.165) is 16.9 Å². The SMILES string of the molecule is O=[N+]([O-])c1cc(CNCc2ccccc2F)cs1. The van der Waals surface area contributed by atoms with Gasteiger partial charge in [-0.05, 0) is 11.6 Å². The summed E-state index contributed by atoms with van der Waals surface area (Å²) in [6.07, 6.45) is 0. The predicted molar refractivity (Wildman–Crippen MR) is 67.9 cm³/mol. The summed E-state index contributed by atoms with van der Waals surface area (Å²) in [5.41, 5.74) is 1.42. The summed E-state index contributed by atoms with van der Waals surface area (Å²) in [6, 6.07) is 8.06. The van der Waals surface area contributed by atoms with Crippen LogP contribution in [0.1, 0.15) is 11.1 Å². The van der Waals surface area contributed by atoms with E-state index >= 15 is 0 Å². The normalized spacial score (nSPS) is 10.5. The molecule has 0 aliphatic carbocycles.